The summed E-state index contributed by atoms with van der Waals surface area (Å²) < 4.78 is 11.5. The van der Waals surface area contributed by atoms with E-state index in [4.69, 9.17) is 9.47 Å². The zero-order valence-corrected chi connectivity index (χ0v) is 21.2. The minimum atomic E-state index is -0.560. The fourth-order valence-electron chi connectivity index (χ4n) is 4.12. The topological polar surface area (TPSA) is 79.6 Å². The van der Waals surface area contributed by atoms with Crippen LogP contribution in [0.25, 0.3) is 6.08 Å². The molecule has 4 rings (SSSR count). The molecule has 3 aromatic carbocycles. The summed E-state index contributed by atoms with van der Waals surface area (Å²) in [5.74, 6) is 0.111. The Bertz CT molecular complexity index is 1410. The number of ether oxygens (including phenoxy) is 2. The number of amides is 2. The first kappa shape index (κ1) is 25.5. The summed E-state index contributed by atoms with van der Waals surface area (Å²) in [7, 11) is 1.56. The Morgan fingerprint density at radius 1 is 0.892 bits per heavy atom. The third kappa shape index (κ3) is 5.79. The summed E-state index contributed by atoms with van der Waals surface area (Å²) in [6.45, 7) is 4.24. The third-order valence-electron chi connectivity index (χ3n) is 6.31. The number of rotatable bonds is 8. The van der Waals surface area contributed by atoms with Gasteiger partial charge in [-0.2, -0.15) is 5.26 Å². The second kappa shape index (κ2) is 11.4. The maximum atomic E-state index is 13.4. The van der Waals surface area contributed by atoms with E-state index in [9.17, 15) is 14.9 Å². The molecule has 0 saturated carbocycles. The second-order valence-corrected chi connectivity index (χ2v) is 8.85. The van der Waals surface area contributed by atoms with Gasteiger partial charge in [-0.1, -0.05) is 66.2 Å². The van der Waals surface area contributed by atoms with Crippen LogP contribution in [0.15, 0.2) is 89.5 Å². The van der Waals surface area contributed by atoms with Gasteiger partial charge in [-0.05, 0) is 60.7 Å². The highest BCUT2D eigenvalue weighted by Crippen LogP contribution is 2.32. The molecule has 1 aliphatic heterocycles. The van der Waals surface area contributed by atoms with Crippen molar-refractivity contribution in [3.8, 4) is 17.6 Å². The predicted molar refractivity (Wildman–Crippen MR) is 142 cm³/mol. The standard InChI is InChI=1S/C31H28N2O4/c1-21-9-11-24(12-10-21)20-37-28-14-13-25(18-29(28)36-3)17-26-22(2)27(19-32)31(35)33(30(26)34)16-15-23-7-5-4-6-8-23/h4-14,17-18H,15-16,20H2,1-3H3/b26-17+. The van der Waals surface area contributed by atoms with Crippen LogP contribution in [0.2, 0.25) is 0 Å². The first-order valence-corrected chi connectivity index (χ1v) is 12.0. The van der Waals surface area contributed by atoms with Crippen molar-refractivity contribution in [3.05, 3.63) is 112 Å². The van der Waals surface area contributed by atoms with Gasteiger partial charge in [-0.3, -0.25) is 14.5 Å². The van der Waals surface area contributed by atoms with Crippen LogP contribution < -0.4 is 9.47 Å². The largest absolute Gasteiger partial charge is 0.493 e. The molecule has 1 aliphatic rings. The molecule has 186 valence electrons. The Morgan fingerprint density at radius 3 is 2.30 bits per heavy atom. The van der Waals surface area contributed by atoms with Crippen molar-refractivity contribution in [2.75, 3.05) is 13.7 Å². The lowest BCUT2D eigenvalue weighted by atomic mass is 9.93. The van der Waals surface area contributed by atoms with Gasteiger partial charge in [-0.25, -0.2) is 0 Å². The molecule has 0 aromatic heterocycles. The molecule has 0 fully saturated rings. The van der Waals surface area contributed by atoms with Gasteiger partial charge in [0.05, 0.1) is 7.11 Å². The first-order valence-electron chi connectivity index (χ1n) is 12.0. The van der Waals surface area contributed by atoms with E-state index in [0.29, 0.717) is 41.2 Å². The van der Waals surface area contributed by atoms with Crippen LogP contribution in [-0.4, -0.2) is 30.4 Å². The lowest BCUT2D eigenvalue weighted by Crippen LogP contribution is -2.43. The van der Waals surface area contributed by atoms with E-state index in [2.05, 4.69) is 0 Å². The molecule has 6 heteroatoms. The lowest BCUT2D eigenvalue weighted by molar-refractivity contribution is -0.140. The molecule has 0 N–H and O–H groups in total. The number of carbonyl (C=O) groups is 2. The zero-order valence-electron chi connectivity index (χ0n) is 21.2. The van der Waals surface area contributed by atoms with Crippen LogP contribution in [0.1, 0.15) is 29.2 Å². The van der Waals surface area contributed by atoms with Crippen molar-refractivity contribution in [1.29, 1.82) is 5.26 Å². The van der Waals surface area contributed by atoms with Gasteiger partial charge in [0.2, 0.25) is 0 Å². The Hall–Kier alpha value is -4.63. The number of methoxy groups -OCH3 is 1. The number of aryl methyl sites for hydroxylation is 1. The molecule has 0 unspecified atom stereocenters. The first-order chi connectivity index (χ1) is 17.9. The Kier molecular flexibility index (Phi) is 7.85. The number of imide groups is 1. The average molecular weight is 493 g/mol. The Labute approximate surface area is 217 Å². The predicted octanol–water partition coefficient (Wildman–Crippen LogP) is 5.42. The number of benzene rings is 3. The molecule has 0 spiro atoms. The quantitative estimate of drug-likeness (QED) is 0.310. The zero-order chi connectivity index (χ0) is 26.4. The summed E-state index contributed by atoms with van der Waals surface area (Å²) in [4.78, 5) is 27.4. The van der Waals surface area contributed by atoms with E-state index in [1.165, 1.54) is 5.56 Å². The highest BCUT2D eigenvalue weighted by molar-refractivity contribution is 6.19. The van der Waals surface area contributed by atoms with E-state index < -0.39 is 11.8 Å². The molecule has 0 aliphatic carbocycles. The van der Waals surface area contributed by atoms with Crippen LogP contribution in [0.5, 0.6) is 11.5 Å². The van der Waals surface area contributed by atoms with Gasteiger partial charge in [0.1, 0.15) is 18.2 Å². The molecule has 0 saturated heterocycles. The van der Waals surface area contributed by atoms with Crippen LogP contribution in [0, 0.1) is 18.3 Å². The molecule has 0 atom stereocenters. The molecule has 3 aromatic rings. The summed E-state index contributed by atoms with van der Waals surface area (Å²) in [5.41, 5.74) is 4.56. The van der Waals surface area contributed by atoms with Crippen molar-refractivity contribution in [1.82, 2.24) is 4.90 Å². The number of nitrogens with zero attached hydrogens (tertiary/aromatic N) is 2. The highest BCUT2D eigenvalue weighted by atomic mass is 16.5. The number of nitriles is 1. The molecule has 37 heavy (non-hydrogen) atoms. The third-order valence-corrected chi connectivity index (χ3v) is 6.31. The maximum Gasteiger partial charge on any atom is 0.271 e. The van der Waals surface area contributed by atoms with E-state index in [1.54, 1.807) is 32.2 Å². The number of hydrogen-bond acceptors (Lipinski definition) is 5. The van der Waals surface area contributed by atoms with E-state index in [-0.39, 0.29) is 12.1 Å². The van der Waals surface area contributed by atoms with E-state index in [1.807, 2.05) is 73.7 Å². The Balaban J connectivity index is 1.59. The minimum absolute atomic E-state index is 0.0241. The van der Waals surface area contributed by atoms with Gasteiger partial charge in [0, 0.05) is 12.1 Å². The van der Waals surface area contributed by atoms with Gasteiger partial charge >= 0.3 is 0 Å². The molecule has 0 radical (unpaired) electrons. The minimum Gasteiger partial charge on any atom is -0.493 e. The van der Waals surface area contributed by atoms with Crippen molar-refractivity contribution in [2.45, 2.75) is 26.9 Å². The summed E-state index contributed by atoms with van der Waals surface area (Å²) in [5, 5.41) is 9.66. The number of hydrogen-bond donors (Lipinski definition) is 0. The molecule has 6 nitrogen and oxygen atoms in total. The summed E-state index contributed by atoms with van der Waals surface area (Å²) in [6, 6.07) is 25.1. The second-order valence-electron chi connectivity index (χ2n) is 8.85. The SMILES string of the molecule is COc1cc(/C=C2/C(=O)N(CCc3ccccc3)C(=O)C(C#N)=C2C)ccc1OCc1ccc(C)cc1. The summed E-state index contributed by atoms with van der Waals surface area (Å²) in [6.07, 6.45) is 2.19. The molecular weight excluding hydrogens is 464 g/mol. The van der Waals surface area contributed by atoms with Gasteiger partial charge in [0.25, 0.3) is 11.8 Å². The van der Waals surface area contributed by atoms with E-state index in [0.717, 1.165) is 16.0 Å². The van der Waals surface area contributed by atoms with Crippen LogP contribution in [-0.2, 0) is 22.6 Å². The Morgan fingerprint density at radius 2 is 1.62 bits per heavy atom. The fourth-order valence-corrected chi connectivity index (χ4v) is 4.12. The van der Waals surface area contributed by atoms with Gasteiger partial charge in [-0.15, -0.1) is 0 Å². The summed E-state index contributed by atoms with van der Waals surface area (Å²) >= 11 is 0. The van der Waals surface area contributed by atoms with Crippen molar-refractivity contribution < 1.29 is 19.1 Å². The van der Waals surface area contributed by atoms with E-state index >= 15 is 0 Å². The number of carbonyl (C=O) groups excluding carboxylic acids is 2. The molecule has 2 amide bonds. The normalized spacial score (nSPS) is 14.6. The lowest BCUT2D eigenvalue weighted by Gasteiger charge is -2.27. The highest BCUT2D eigenvalue weighted by Gasteiger charge is 2.35. The average Bonchev–Trinajstić information content (AvgIpc) is 2.92. The molecule has 0 bridgehead atoms. The maximum absolute atomic E-state index is 13.4. The van der Waals surface area contributed by atoms with Crippen LogP contribution >= 0.6 is 0 Å². The fraction of sp³-hybridized carbons (Fsp3) is 0.194. The van der Waals surface area contributed by atoms with Crippen molar-refractivity contribution in [2.24, 2.45) is 0 Å². The van der Waals surface area contributed by atoms with Crippen molar-refractivity contribution >= 4 is 17.9 Å². The van der Waals surface area contributed by atoms with Crippen molar-refractivity contribution in [3.63, 3.8) is 0 Å². The molecule has 1 heterocycles. The monoisotopic (exact) mass is 492 g/mol. The smallest absolute Gasteiger partial charge is 0.271 e. The molecular formula is C31H28N2O4. The van der Waals surface area contributed by atoms with Crippen LogP contribution in [0.3, 0.4) is 0 Å². The van der Waals surface area contributed by atoms with Crippen LogP contribution in [0.4, 0.5) is 0 Å². The van der Waals surface area contributed by atoms with Gasteiger partial charge in [0.15, 0.2) is 11.5 Å². The van der Waals surface area contributed by atoms with Gasteiger partial charge < -0.3 is 9.47 Å².